The fraction of sp³-hybridized carbons (Fsp3) is 0.0526. The maximum Gasteiger partial charge on any atom is 0.187 e. The highest BCUT2D eigenvalue weighted by Crippen LogP contribution is 2.29. The zero-order valence-electron chi connectivity index (χ0n) is 12.2. The van der Waals surface area contributed by atoms with Crippen molar-refractivity contribution in [1.29, 1.82) is 0 Å². The maximum absolute atomic E-state index is 12.7. The number of Topliss-reactive ketones (excluding diaryl/α,β-unsaturated/α-hetero) is 1. The molecule has 2 aromatic heterocycles. The van der Waals surface area contributed by atoms with Gasteiger partial charge in [-0.1, -0.05) is 52.3 Å². The number of carbonyl (C=O) groups is 1. The molecule has 3 nitrogen and oxygen atoms in total. The number of halogens is 1. The van der Waals surface area contributed by atoms with E-state index >= 15 is 0 Å². The molecule has 0 aliphatic carbocycles. The Morgan fingerprint density at radius 1 is 1.04 bits per heavy atom. The third-order valence-electron chi connectivity index (χ3n) is 3.95. The molecule has 4 aromatic rings. The van der Waals surface area contributed by atoms with Crippen molar-refractivity contribution in [3.05, 3.63) is 76.5 Å². The Morgan fingerprint density at radius 3 is 2.70 bits per heavy atom. The molecule has 2 heterocycles. The zero-order chi connectivity index (χ0) is 15.8. The van der Waals surface area contributed by atoms with E-state index < -0.39 is 0 Å². The van der Waals surface area contributed by atoms with Crippen molar-refractivity contribution in [2.24, 2.45) is 0 Å². The van der Waals surface area contributed by atoms with Gasteiger partial charge in [-0.15, -0.1) is 0 Å². The van der Waals surface area contributed by atoms with Crippen molar-refractivity contribution >= 4 is 43.5 Å². The highest BCUT2D eigenvalue weighted by molar-refractivity contribution is 9.10. The standard InChI is InChI=1S/C19H13BrN2O/c20-13-6-7-14-15-8-9-21-19(18(15)22-16(14)11-13)17(23)10-12-4-2-1-3-5-12/h1-9,11,22H,10H2. The second kappa shape index (κ2) is 5.63. The molecule has 0 aliphatic heterocycles. The summed E-state index contributed by atoms with van der Waals surface area (Å²) in [5, 5.41) is 2.12. The van der Waals surface area contributed by atoms with Gasteiger partial charge in [0.25, 0.3) is 0 Å². The number of aromatic amines is 1. The summed E-state index contributed by atoms with van der Waals surface area (Å²) in [5.74, 6) is 0.0208. The monoisotopic (exact) mass is 364 g/mol. The minimum Gasteiger partial charge on any atom is -0.353 e. The average Bonchev–Trinajstić information content (AvgIpc) is 2.93. The number of H-pyrrole nitrogens is 1. The SMILES string of the molecule is O=C(Cc1ccccc1)c1nccc2c1[nH]c1cc(Br)ccc12. The Balaban J connectivity index is 1.83. The van der Waals surface area contributed by atoms with Gasteiger partial charge in [0.1, 0.15) is 5.69 Å². The first-order chi connectivity index (χ1) is 11.2. The predicted molar refractivity (Wildman–Crippen MR) is 95.8 cm³/mol. The van der Waals surface area contributed by atoms with Crippen molar-refractivity contribution < 1.29 is 4.79 Å². The molecule has 0 bridgehead atoms. The van der Waals surface area contributed by atoms with Crippen molar-refractivity contribution in [2.75, 3.05) is 0 Å². The Kier molecular flexibility index (Phi) is 3.46. The molecule has 112 valence electrons. The molecular formula is C19H13BrN2O. The van der Waals surface area contributed by atoms with Crippen LogP contribution in [0.1, 0.15) is 16.1 Å². The van der Waals surface area contributed by atoms with Crippen LogP contribution in [0.2, 0.25) is 0 Å². The smallest absolute Gasteiger partial charge is 0.187 e. The summed E-state index contributed by atoms with van der Waals surface area (Å²) in [6.07, 6.45) is 2.06. The Labute approximate surface area is 141 Å². The quantitative estimate of drug-likeness (QED) is 0.525. The van der Waals surface area contributed by atoms with Crippen molar-refractivity contribution in [3.63, 3.8) is 0 Å². The maximum atomic E-state index is 12.7. The topological polar surface area (TPSA) is 45.8 Å². The van der Waals surface area contributed by atoms with Crippen LogP contribution in [-0.2, 0) is 6.42 Å². The predicted octanol–water partition coefficient (Wildman–Crippen LogP) is 4.90. The van der Waals surface area contributed by atoms with Gasteiger partial charge in [0.05, 0.1) is 5.52 Å². The Bertz CT molecular complexity index is 1020. The second-order valence-corrected chi connectivity index (χ2v) is 6.40. The number of nitrogens with one attached hydrogen (secondary N) is 1. The first-order valence-electron chi connectivity index (χ1n) is 7.35. The number of pyridine rings is 1. The summed E-state index contributed by atoms with van der Waals surface area (Å²) in [6.45, 7) is 0. The lowest BCUT2D eigenvalue weighted by Crippen LogP contribution is -2.06. The van der Waals surface area contributed by atoms with Crippen LogP contribution in [0.3, 0.4) is 0 Å². The first-order valence-corrected chi connectivity index (χ1v) is 8.15. The molecular weight excluding hydrogens is 352 g/mol. The lowest BCUT2D eigenvalue weighted by atomic mass is 10.1. The first kappa shape index (κ1) is 14.2. The minimum absolute atomic E-state index is 0.0208. The molecule has 23 heavy (non-hydrogen) atoms. The second-order valence-electron chi connectivity index (χ2n) is 5.48. The van der Waals surface area contributed by atoms with Crippen LogP contribution in [0.25, 0.3) is 21.8 Å². The number of benzene rings is 2. The van der Waals surface area contributed by atoms with E-state index in [1.165, 1.54) is 0 Å². The van der Waals surface area contributed by atoms with Gasteiger partial charge in [0, 0.05) is 33.4 Å². The van der Waals surface area contributed by atoms with E-state index in [2.05, 4.69) is 25.9 Å². The van der Waals surface area contributed by atoms with E-state index in [1.54, 1.807) is 6.20 Å². The highest BCUT2D eigenvalue weighted by atomic mass is 79.9. The molecule has 1 N–H and O–H groups in total. The number of rotatable bonds is 3. The zero-order valence-corrected chi connectivity index (χ0v) is 13.8. The van der Waals surface area contributed by atoms with Gasteiger partial charge in [-0.25, -0.2) is 0 Å². The summed E-state index contributed by atoms with van der Waals surface area (Å²) in [6, 6.07) is 17.8. The number of hydrogen-bond acceptors (Lipinski definition) is 2. The molecule has 0 saturated carbocycles. The molecule has 4 heteroatoms. The van der Waals surface area contributed by atoms with E-state index in [1.807, 2.05) is 54.6 Å². The van der Waals surface area contributed by atoms with Crippen LogP contribution in [-0.4, -0.2) is 15.8 Å². The number of fused-ring (bicyclic) bond motifs is 3. The molecule has 0 fully saturated rings. The van der Waals surface area contributed by atoms with E-state index in [0.29, 0.717) is 12.1 Å². The van der Waals surface area contributed by atoms with Crippen molar-refractivity contribution in [1.82, 2.24) is 9.97 Å². The summed E-state index contributed by atoms with van der Waals surface area (Å²) in [4.78, 5) is 20.3. The average molecular weight is 365 g/mol. The number of hydrogen-bond donors (Lipinski definition) is 1. The van der Waals surface area contributed by atoms with Gasteiger partial charge >= 0.3 is 0 Å². The van der Waals surface area contributed by atoms with Gasteiger partial charge < -0.3 is 4.98 Å². The molecule has 0 aliphatic rings. The van der Waals surface area contributed by atoms with E-state index in [4.69, 9.17) is 0 Å². The Morgan fingerprint density at radius 2 is 1.87 bits per heavy atom. The molecule has 4 rings (SSSR count). The van der Waals surface area contributed by atoms with Gasteiger partial charge in [0.2, 0.25) is 0 Å². The molecule has 0 atom stereocenters. The molecule has 0 radical (unpaired) electrons. The lowest BCUT2D eigenvalue weighted by molar-refractivity contribution is 0.0990. The van der Waals surface area contributed by atoms with Gasteiger partial charge in [0.15, 0.2) is 5.78 Å². The third-order valence-corrected chi connectivity index (χ3v) is 4.45. The number of nitrogens with zero attached hydrogens (tertiary/aromatic N) is 1. The van der Waals surface area contributed by atoms with Crippen LogP contribution < -0.4 is 0 Å². The number of aromatic nitrogens is 2. The summed E-state index contributed by atoms with van der Waals surface area (Å²) in [5.41, 5.74) is 3.30. The summed E-state index contributed by atoms with van der Waals surface area (Å²) < 4.78 is 1.00. The molecule has 0 saturated heterocycles. The highest BCUT2D eigenvalue weighted by Gasteiger charge is 2.15. The van der Waals surface area contributed by atoms with Gasteiger partial charge in [-0.2, -0.15) is 0 Å². The fourth-order valence-electron chi connectivity index (χ4n) is 2.88. The largest absolute Gasteiger partial charge is 0.353 e. The molecule has 0 spiro atoms. The minimum atomic E-state index is 0.0208. The van der Waals surface area contributed by atoms with Crippen LogP contribution in [0.15, 0.2) is 65.3 Å². The van der Waals surface area contributed by atoms with Gasteiger partial charge in [-0.3, -0.25) is 9.78 Å². The molecule has 0 unspecified atom stereocenters. The number of ketones is 1. The van der Waals surface area contributed by atoms with E-state index in [0.717, 1.165) is 31.8 Å². The van der Waals surface area contributed by atoms with Crippen molar-refractivity contribution in [3.8, 4) is 0 Å². The number of carbonyl (C=O) groups excluding carboxylic acids is 1. The molecule has 0 amide bonds. The van der Waals surface area contributed by atoms with Crippen LogP contribution in [0, 0.1) is 0 Å². The summed E-state index contributed by atoms with van der Waals surface area (Å²) >= 11 is 3.48. The van der Waals surface area contributed by atoms with Crippen molar-refractivity contribution in [2.45, 2.75) is 6.42 Å². The van der Waals surface area contributed by atoms with E-state index in [-0.39, 0.29) is 5.78 Å². The Hall–Kier alpha value is -2.46. The molecule has 2 aromatic carbocycles. The lowest BCUT2D eigenvalue weighted by Gasteiger charge is -2.02. The van der Waals surface area contributed by atoms with Crippen LogP contribution >= 0.6 is 15.9 Å². The van der Waals surface area contributed by atoms with E-state index in [9.17, 15) is 4.79 Å². The normalized spacial score (nSPS) is 11.2. The summed E-state index contributed by atoms with van der Waals surface area (Å²) in [7, 11) is 0. The fourth-order valence-corrected chi connectivity index (χ4v) is 3.24. The van der Waals surface area contributed by atoms with Crippen LogP contribution in [0.5, 0.6) is 0 Å². The van der Waals surface area contributed by atoms with Crippen LogP contribution in [0.4, 0.5) is 0 Å². The van der Waals surface area contributed by atoms with Gasteiger partial charge in [-0.05, 0) is 23.8 Å². The third kappa shape index (κ3) is 2.55.